The molecule has 8 heteroatoms. The second-order valence-electron chi connectivity index (χ2n) is 6.52. The molecule has 0 radical (unpaired) electrons. The molecule has 3 amide bonds. The number of benzene rings is 1. The smallest absolute Gasteiger partial charge is 0.287 e. The standard InChI is InChI=1S/C20H23N3O5/c1-14(21-18(24)17-7-4-12-28-17)19(25)22-8-10-23(11-9-22)20(26)15-5-3-6-16(13-15)27-2/h3-7,12-14H,8-11H2,1-2H3,(H,21,24). The maximum absolute atomic E-state index is 12.7. The maximum Gasteiger partial charge on any atom is 0.287 e. The van der Waals surface area contributed by atoms with E-state index in [0.717, 1.165) is 0 Å². The van der Waals surface area contributed by atoms with Gasteiger partial charge in [-0.2, -0.15) is 0 Å². The summed E-state index contributed by atoms with van der Waals surface area (Å²) in [6.07, 6.45) is 1.40. The van der Waals surface area contributed by atoms with Gasteiger partial charge in [-0.25, -0.2) is 0 Å². The fraction of sp³-hybridized carbons (Fsp3) is 0.350. The summed E-state index contributed by atoms with van der Waals surface area (Å²) in [5, 5.41) is 2.63. The lowest BCUT2D eigenvalue weighted by atomic mass is 10.1. The topological polar surface area (TPSA) is 92.1 Å². The zero-order valence-corrected chi connectivity index (χ0v) is 15.9. The van der Waals surface area contributed by atoms with Crippen molar-refractivity contribution in [2.75, 3.05) is 33.3 Å². The third-order valence-corrected chi connectivity index (χ3v) is 4.66. The highest BCUT2D eigenvalue weighted by Gasteiger charge is 2.28. The Morgan fingerprint density at radius 1 is 1.07 bits per heavy atom. The van der Waals surface area contributed by atoms with Crippen LogP contribution in [0.15, 0.2) is 47.1 Å². The Bertz CT molecular complexity index is 841. The molecule has 28 heavy (non-hydrogen) atoms. The predicted octanol–water partition coefficient (Wildman–Crippen LogP) is 1.39. The van der Waals surface area contributed by atoms with Crippen LogP contribution in [-0.4, -0.2) is 66.9 Å². The van der Waals surface area contributed by atoms with E-state index in [2.05, 4.69) is 5.32 Å². The van der Waals surface area contributed by atoms with E-state index in [1.54, 1.807) is 54.2 Å². The van der Waals surface area contributed by atoms with Crippen molar-refractivity contribution in [3.8, 4) is 5.75 Å². The molecule has 2 aromatic rings. The molecule has 0 spiro atoms. The minimum atomic E-state index is -0.682. The lowest BCUT2D eigenvalue weighted by molar-refractivity contribution is -0.134. The molecule has 0 bridgehead atoms. The third-order valence-electron chi connectivity index (χ3n) is 4.66. The first-order chi connectivity index (χ1) is 13.5. The molecule has 148 valence electrons. The maximum atomic E-state index is 12.7. The number of nitrogens with one attached hydrogen (secondary N) is 1. The molecule has 1 aliphatic heterocycles. The molecule has 1 aromatic carbocycles. The highest BCUT2D eigenvalue weighted by Crippen LogP contribution is 2.16. The van der Waals surface area contributed by atoms with Crippen LogP contribution in [0.25, 0.3) is 0 Å². The van der Waals surface area contributed by atoms with Crippen LogP contribution >= 0.6 is 0 Å². The minimum absolute atomic E-state index is 0.0924. The number of piperazine rings is 1. The number of rotatable bonds is 5. The summed E-state index contributed by atoms with van der Waals surface area (Å²) >= 11 is 0. The SMILES string of the molecule is COc1cccc(C(=O)N2CCN(C(=O)C(C)NC(=O)c3ccco3)CC2)c1. The number of methoxy groups -OCH3 is 1. The van der Waals surface area contributed by atoms with Crippen LogP contribution in [0, 0.1) is 0 Å². The normalized spacial score (nSPS) is 15.1. The fourth-order valence-electron chi connectivity index (χ4n) is 3.08. The van der Waals surface area contributed by atoms with Crippen LogP contribution in [0.5, 0.6) is 5.75 Å². The van der Waals surface area contributed by atoms with Gasteiger partial charge in [0.05, 0.1) is 13.4 Å². The first-order valence-corrected chi connectivity index (χ1v) is 9.06. The van der Waals surface area contributed by atoms with E-state index >= 15 is 0 Å². The molecule has 1 unspecified atom stereocenters. The Morgan fingerprint density at radius 3 is 2.43 bits per heavy atom. The van der Waals surface area contributed by atoms with Crippen molar-refractivity contribution in [1.29, 1.82) is 0 Å². The monoisotopic (exact) mass is 385 g/mol. The van der Waals surface area contributed by atoms with Gasteiger partial charge in [-0.15, -0.1) is 0 Å². The van der Waals surface area contributed by atoms with Gasteiger partial charge in [0.2, 0.25) is 5.91 Å². The Hall–Kier alpha value is -3.29. The Morgan fingerprint density at radius 2 is 1.79 bits per heavy atom. The molecule has 3 rings (SSSR count). The molecule has 2 heterocycles. The Kier molecular flexibility index (Phi) is 5.98. The summed E-state index contributed by atoms with van der Waals surface area (Å²) in [5.74, 6) is 0.0744. The summed E-state index contributed by atoms with van der Waals surface area (Å²) in [7, 11) is 1.56. The molecule has 1 saturated heterocycles. The van der Waals surface area contributed by atoms with E-state index in [9.17, 15) is 14.4 Å². The van der Waals surface area contributed by atoms with E-state index in [4.69, 9.17) is 9.15 Å². The van der Waals surface area contributed by atoms with Crippen LogP contribution in [0.3, 0.4) is 0 Å². The number of hydrogen-bond acceptors (Lipinski definition) is 5. The van der Waals surface area contributed by atoms with Crippen molar-refractivity contribution in [2.45, 2.75) is 13.0 Å². The molecular formula is C20H23N3O5. The van der Waals surface area contributed by atoms with Gasteiger partial charge in [-0.1, -0.05) is 6.07 Å². The summed E-state index contributed by atoms with van der Waals surface area (Å²) in [5.41, 5.74) is 0.554. The van der Waals surface area contributed by atoms with Crippen molar-refractivity contribution >= 4 is 17.7 Å². The highest BCUT2D eigenvalue weighted by atomic mass is 16.5. The number of amides is 3. The van der Waals surface area contributed by atoms with Crippen LogP contribution in [0.1, 0.15) is 27.8 Å². The van der Waals surface area contributed by atoms with Crippen LogP contribution in [0.2, 0.25) is 0 Å². The number of hydrogen-bond donors (Lipinski definition) is 1. The average Bonchev–Trinajstić information content (AvgIpc) is 3.28. The quantitative estimate of drug-likeness (QED) is 0.840. The lowest BCUT2D eigenvalue weighted by Crippen LogP contribution is -2.55. The van der Waals surface area contributed by atoms with Gasteiger partial charge in [0.25, 0.3) is 11.8 Å². The molecule has 1 aromatic heterocycles. The van der Waals surface area contributed by atoms with E-state index in [-0.39, 0.29) is 17.6 Å². The van der Waals surface area contributed by atoms with E-state index in [0.29, 0.717) is 37.5 Å². The van der Waals surface area contributed by atoms with Crippen molar-refractivity contribution < 1.29 is 23.5 Å². The molecule has 1 fully saturated rings. The van der Waals surface area contributed by atoms with Gasteiger partial charge in [0.1, 0.15) is 11.8 Å². The second kappa shape index (κ2) is 8.60. The summed E-state index contributed by atoms with van der Waals surface area (Å²) in [6, 6.07) is 9.47. The van der Waals surface area contributed by atoms with Gasteiger partial charge < -0.3 is 24.3 Å². The first kappa shape index (κ1) is 19.5. The largest absolute Gasteiger partial charge is 0.497 e. The molecule has 1 atom stereocenters. The van der Waals surface area contributed by atoms with Gasteiger partial charge >= 0.3 is 0 Å². The predicted molar refractivity (Wildman–Crippen MR) is 101 cm³/mol. The molecule has 1 N–H and O–H groups in total. The van der Waals surface area contributed by atoms with Crippen molar-refractivity contribution in [3.05, 3.63) is 54.0 Å². The van der Waals surface area contributed by atoms with E-state index < -0.39 is 11.9 Å². The van der Waals surface area contributed by atoms with Crippen molar-refractivity contribution in [3.63, 3.8) is 0 Å². The van der Waals surface area contributed by atoms with Crippen LogP contribution < -0.4 is 10.1 Å². The fourth-order valence-corrected chi connectivity index (χ4v) is 3.08. The summed E-state index contributed by atoms with van der Waals surface area (Å²) in [6.45, 7) is 3.32. The highest BCUT2D eigenvalue weighted by molar-refractivity contribution is 5.96. The molecular weight excluding hydrogens is 362 g/mol. The number of carbonyl (C=O) groups is 3. The number of furan rings is 1. The van der Waals surface area contributed by atoms with Gasteiger partial charge in [-0.05, 0) is 37.3 Å². The third kappa shape index (κ3) is 4.33. The first-order valence-electron chi connectivity index (χ1n) is 9.06. The van der Waals surface area contributed by atoms with E-state index in [1.165, 1.54) is 12.3 Å². The zero-order chi connectivity index (χ0) is 20.1. The van der Waals surface area contributed by atoms with Crippen LogP contribution in [-0.2, 0) is 4.79 Å². The van der Waals surface area contributed by atoms with Crippen molar-refractivity contribution in [1.82, 2.24) is 15.1 Å². The molecule has 0 aliphatic carbocycles. The van der Waals surface area contributed by atoms with Gasteiger partial charge in [0.15, 0.2) is 5.76 Å². The van der Waals surface area contributed by atoms with Gasteiger partial charge in [-0.3, -0.25) is 14.4 Å². The Labute approximate surface area is 163 Å². The zero-order valence-electron chi connectivity index (χ0n) is 15.9. The van der Waals surface area contributed by atoms with Crippen LogP contribution in [0.4, 0.5) is 0 Å². The average molecular weight is 385 g/mol. The Balaban J connectivity index is 1.53. The summed E-state index contributed by atoms with van der Waals surface area (Å²) < 4.78 is 10.2. The second-order valence-corrected chi connectivity index (χ2v) is 6.52. The minimum Gasteiger partial charge on any atom is -0.497 e. The number of nitrogens with zero attached hydrogens (tertiary/aromatic N) is 2. The summed E-state index contributed by atoms with van der Waals surface area (Å²) in [4.78, 5) is 40.6. The molecule has 8 nitrogen and oxygen atoms in total. The molecule has 0 saturated carbocycles. The van der Waals surface area contributed by atoms with Crippen molar-refractivity contribution in [2.24, 2.45) is 0 Å². The van der Waals surface area contributed by atoms with E-state index in [1.807, 2.05) is 0 Å². The number of ether oxygens (including phenoxy) is 1. The molecule has 1 aliphatic rings. The lowest BCUT2D eigenvalue weighted by Gasteiger charge is -2.36. The number of carbonyl (C=O) groups excluding carboxylic acids is 3. The van der Waals surface area contributed by atoms with Gasteiger partial charge in [0, 0.05) is 31.7 Å².